The molecule has 0 radical (unpaired) electrons. The van der Waals surface area contributed by atoms with E-state index in [-0.39, 0.29) is 11.3 Å². The van der Waals surface area contributed by atoms with Crippen molar-refractivity contribution in [3.8, 4) is 5.75 Å². The highest BCUT2D eigenvalue weighted by atomic mass is 16.6. The van der Waals surface area contributed by atoms with E-state index in [9.17, 15) is 5.11 Å². The van der Waals surface area contributed by atoms with Crippen molar-refractivity contribution in [2.75, 3.05) is 54.5 Å². The standard InChI is InChI=1S/C25H41N3O3/c1-24-12-10-21(20-6-8-23(9-7-20)30-16-14-27(2)3)18-25(24,29)13-11-22(24)19-26-31-17-15-28(4)5/h6-9,19,21-22,29H,10-18H2,1-5H3/b26-19+/t21-,22+,24+,25-/m0/s1. The molecule has 174 valence electrons. The highest BCUT2D eigenvalue weighted by molar-refractivity contribution is 5.62. The first kappa shape index (κ1) is 24.0. The van der Waals surface area contributed by atoms with Gasteiger partial charge in [-0.2, -0.15) is 0 Å². The third-order valence-corrected chi connectivity index (χ3v) is 7.45. The highest BCUT2D eigenvalue weighted by Crippen LogP contribution is 2.60. The molecule has 2 aliphatic carbocycles. The Morgan fingerprint density at radius 1 is 1.03 bits per heavy atom. The molecule has 2 fully saturated rings. The Bertz CT molecular complexity index is 721. The van der Waals surface area contributed by atoms with Crippen molar-refractivity contribution in [2.24, 2.45) is 16.5 Å². The van der Waals surface area contributed by atoms with Gasteiger partial charge in [-0.25, -0.2) is 0 Å². The molecule has 2 aliphatic rings. The van der Waals surface area contributed by atoms with Crippen molar-refractivity contribution in [3.63, 3.8) is 0 Å². The second-order valence-electron chi connectivity index (χ2n) is 10.1. The lowest BCUT2D eigenvalue weighted by Gasteiger charge is -2.48. The fourth-order valence-corrected chi connectivity index (χ4v) is 5.18. The zero-order valence-electron chi connectivity index (χ0n) is 20.0. The molecular formula is C25H41N3O3. The SMILES string of the molecule is CN(C)CCO/N=C/[C@H]1CC[C@]2(O)C[C@@H](c3ccc(OCCN(C)C)cc3)CC[C@]12C. The van der Waals surface area contributed by atoms with Crippen LogP contribution in [0.25, 0.3) is 0 Å². The van der Waals surface area contributed by atoms with E-state index in [1.165, 1.54) is 5.56 Å². The van der Waals surface area contributed by atoms with Crippen LogP contribution in [0.5, 0.6) is 5.75 Å². The van der Waals surface area contributed by atoms with Gasteiger partial charge in [0.05, 0.1) is 5.60 Å². The van der Waals surface area contributed by atoms with Gasteiger partial charge in [-0.05, 0) is 83.9 Å². The predicted molar refractivity (Wildman–Crippen MR) is 126 cm³/mol. The average molecular weight is 432 g/mol. The Morgan fingerprint density at radius 2 is 1.71 bits per heavy atom. The van der Waals surface area contributed by atoms with Crippen LogP contribution >= 0.6 is 0 Å². The van der Waals surface area contributed by atoms with E-state index >= 15 is 0 Å². The molecule has 6 heteroatoms. The van der Waals surface area contributed by atoms with Crippen molar-refractivity contribution in [1.82, 2.24) is 9.80 Å². The van der Waals surface area contributed by atoms with Crippen molar-refractivity contribution in [1.29, 1.82) is 0 Å². The van der Waals surface area contributed by atoms with Crippen LogP contribution in [0.15, 0.2) is 29.4 Å². The van der Waals surface area contributed by atoms with Crippen LogP contribution in [0, 0.1) is 11.3 Å². The maximum atomic E-state index is 11.6. The normalized spacial score (nSPS) is 30.8. The summed E-state index contributed by atoms with van der Waals surface area (Å²) < 4.78 is 5.83. The number of oxime groups is 1. The van der Waals surface area contributed by atoms with E-state index in [2.05, 4.69) is 46.1 Å². The van der Waals surface area contributed by atoms with E-state index < -0.39 is 5.60 Å². The monoisotopic (exact) mass is 431 g/mol. The molecule has 1 N–H and O–H groups in total. The van der Waals surface area contributed by atoms with Gasteiger partial charge < -0.3 is 24.5 Å². The van der Waals surface area contributed by atoms with Crippen LogP contribution < -0.4 is 4.74 Å². The Morgan fingerprint density at radius 3 is 2.39 bits per heavy atom. The maximum Gasteiger partial charge on any atom is 0.129 e. The van der Waals surface area contributed by atoms with Crippen molar-refractivity contribution in [2.45, 2.75) is 50.5 Å². The molecule has 1 aromatic rings. The van der Waals surface area contributed by atoms with E-state index in [0.29, 0.717) is 19.1 Å². The smallest absolute Gasteiger partial charge is 0.129 e. The summed E-state index contributed by atoms with van der Waals surface area (Å²) in [6.07, 6.45) is 6.66. The first-order valence-electron chi connectivity index (χ1n) is 11.6. The van der Waals surface area contributed by atoms with E-state index in [0.717, 1.165) is 50.9 Å². The van der Waals surface area contributed by atoms with Gasteiger partial charge >= 0.3 is 0 Å². The molecule has 4 atom stereocenters. The molecule has 0 spiro atoms. The number of hydrogen-bond donors (Lipinski definition) is 1. The van der Waals surface area contributed by atoms with Gasteiger partial charge in [0.1, 0.15) is 19.0 Å². The first-order valence-corrected chi connectivity index (χ1v) is 11.6. The molecule has 0 bridgehead atoms. The number of likely N-dealkylation sites (N-methyl/N-ethyl adjacent to an activating group) is 2. The Hall–Kier alpha value is -1.63. The van der Waals surface area contributed by atoms with Crippen molar-refractivity contribution in [3.05, 3.63) is 29.8 Å². The third-order valence-electron chi connectivity index (χ3n) is 7.45. The van der Waals surface area contributed by atoms with Crippen LogP contribution in [0.1, 0.15) is 50.5 Å². The number of hydrogen-bond acceptors (Lipinski definition) is 6. The summed E-state index contributed by atoms with van der Waals surface area (Å²) in [5, 5.41) is 15.9. The number of nitrogens with zero attached hydrogens (tertiary/aromatic N) is 3. The molecule has 31 heavy (non-hydrogen) atoms. The van der Waals surface area contributed by atoms with Gasteiger partial charge in [0.2, 0.25) is 0 Å². The fraction of sp³-hybridized carbons (Fsp3) is 0.720. The zero-order chi connectivity index (χ0) is 22.5. The van der Waals surface area contributed by atoms with E-state index in [4.69, 9.17) is 9.57 Å². The second kappa shape index (κ2) is 10.3. The lowest BCUT2D eigenvalue weighted by Crippen LogP contribution is -2.49. The largest absolute Gasteiger partial charge is 0.492 e. The van der Waals surface area contributed by atoms with Crippen LogP contribution in [-0.4, -0.2) is 81.2 Å². The van der Waals surface area contributed by atoms with Crippen LogP contribution in [0.4, 0.5) is 0 Å². The van der Waals surface area contributed by atoms with Crippen molar-refractivity contribution < 1.29 is 14.7 Å². The Kier molecular flexibility index (Phi) is 8.00. The van der Waals surface area contributed by atoms with Gasteiger partial charge in [0.25, 0.3) is 0 Å². The molecule has 1 aromatic carbocycles. The lowest BCUT2D eigenvalue weighted by molar-refractivity contribution is -0.0959. The van der Waals surface area contributed by atoms with Gasteiger partial charge in [-0.1, -0.05) is 24.2 Å². The molecule has 0 heterocycles. The summed E-state index contributed by atoms with van der Waals surface area (Å²) in [5.41, 5.74) is 0.532. The molecule has 2 saturated carbocycles. The molecule has 0 aromatic heterocycles. The lowest BCUT2D eigenvalue weighted by atomic mass is 9.59. The molecule has 0 unspecified atom stereocenters. The van der Waals surface area contributed by atoms with Crippen LogP contribution in [-0.2, 0) is 4.84 Å². The zero-order valence-corrected chi connectivity index (χ0v) is 20.0. The minimum absolute atomic E-state index is 0.132. The summed E-state index contributed by atoms with van der Waals surface area (Å²) in [5.74, 6) is 1.57. The van der Waals surface area contributed by atoms with Gasteiger partial charge in [0.15, 0.2) is 0 Å². The molecule has 3 rings (SSSR count). The van der Waals surface area contributed by atoms with Gasteiger partial charge in [-0.15, -0.1) is 0 Å². The van der Waals surface area contributed by atoms with E-state index in [1.807, 2.05) is 34.4 Å². The van der Waals surface area contributed by atoms with Gasteiger partial charge in [0, 0.05) is 30.6 Å². The van der Waals surface area contributed by atoms with Crippen LogP contribution in [0.3, 0.4) is 0 Å². The molecule has 6 nitrogen and oxygen atoms in total. The Labute approximate surface area is 188 Å². The number of rotatable bonds is 10. The summed E-state index contributed by atoms with van der Waals surface area (Å²) in [6, 6.07) is 8.48. The molecule has 0 saturated heterocycles. The summed E-state index contributed by atoms with van der Waals surface area (Å²) in [7, 11) is 8.14. The minimum atomic E-state index is -0.642. The van der Waals surface area contributed by atoms with Crippen molar-refractivity contribution >= 4 is 6.21 Å². The summed E-state index contributed by atoms with van der Waals surface area (Å²) in [6.45, 7) is 5.28. The molecule has 0 amide bonds. The number of aliphatic hydroxyl groups is 1. The number of fused-ring (bicyclic) bond motifs is 1. The Balaban J connectivity index is 1.57. The molecular weight excluding hydrogens is 390 g/mol. The van der Waals surface area contributed by atoms with E-state index in [1.54, 1.807) is 0 Å². The maximum absolute atomic E-state index is 11.6. The number of benzene rings is 1. The van der Waals surface area contributed by atoms with Crippen LogP contribution in [0.2, 0.25) is 0 Å². The van der Waals surface area contributed by atoms with Gasteiger partial charge in [-0.3, -0.25) is 0 Å². The molecule has 0 aliphatic heterocycles. The predicted octanol–water partition coefficient (Wildman–Crippen LogP) is 3.61. The second-order valence-corrected chi connectivity index (χ2v) is 10.1. The first-order chi connectivity index (χ1) is 14.7. The quantitative estimate of drug-likeness (QED) is 0.348. The number of ether oxygens (including phenoxy) is 1. The fourth-order valence-electron chi connectivity index (χ4n) is 5.18. The topological polar surface area (TPSA) is 57.5 Å². The average Bonchev–Trinajstić information content (AvgIpc) is 2.98. The summed E-state index contributed by atoms with van der Waals surface area (Å²) >= 11 is 0. The highest BCUT2D eigenvalue weighted by Gasteiger charge is 2.58. The minimum Gasteiger partial charge on any atom is -0.492 e. The summed E-state index contributed by atoms with van der Waals surface area (Å²) in [4.78, 5) is 9.63. The third kappa shape index (κ3) is 5.79.